The highest BCUT2D eigenvalue weighted by atomic mass is 35.5. The van der Waals surface area contributed by atoms with Gasteiger partial charge in [0.05, 0.1) is 18.6 Å². The number of nitrogens with one attached hydrogen (secondary N) is 2. The third kappa shape index (κ3) is 3.71. The molecule has 1 aliphatic rings. The van der Waals surface area contributed by atoms with Gasteiger partial charge in [0, 0.05) is 22.8 Å². The van der Waals surface area contributed by atoms with Gasteiger partial charge in [-0.1, -0.05) is 17.7 Å². The first-order chi connectivity index (χ1) is 10.8. The summed E-state index contributed by atoms with van der Waals surface area (Å²) in [5.74, 6) is -2.32. The number of carbonyl (C=O) groups is 3. The van der Waals surface area contributed by atoms with Crippen molar-refractivity contribution < 1.29 is 19.1 Å². The largest absolute Gasteiger partial charge is 0.466 e. The maximum Gasteiger partial charge on any atom is 0.336 e. The van der Waals surface area contributed by atoms with Crippen LogP contribution in [0.5, 0.6) is 0 Å². The van der Waals surface area contributed by atoms with Gasteiger partial charge in [-0.25, -0.2) is 4.79 Å². The summed E-state index contributed by atoms with van der Waals surface area (Å²) in [6.45, 7) is 3.38. The van der Waals surface area contributed by atoms with Gasteiger partial charge < -0.3 is 15.4 Å². The third-order valence-electron chi connectivity index (χ3n) is 3.65. The molecule has 0 unspecified atom stereocenters. The van der Waals surface area contributed by atoms with E-state index in [1.54, 1.807) is 25.1 Å². The average Bonchev–Trinajstić information content (AvgIpc) is 2.49. The molecule has 7 heteroatoms. The lowest BCUT2D eigenvalue weighted by atomic mass is 9.89. The second kappa shape index (κ2) is 6.83. The van der Waals surface area contributed by atoms with Crippen LogP contribution in [0.25, 0.3) is 0 Å². The van der Waals surface area contributed by atoms with E-state index >= 15 is 0 Å². The number of halogens is 1. The van der Waals surface area contributed by atoms with Gasteiger partial charge in [-0.15, -0.1) is 0 Å². The lowest BCUT2D eigenvalue weighted by Crippen LogP contribution is -2.40. The molecule has 0 aliphatic carbocycles. The molecule has 0 spiro atoms. The van der Waals surface area contributed by atoms with Crippen molar-refractivity contribution in [3.63, 3.8) is 0 Å². The van der Waals surface area contributed by atoms with Crippen molar-refractivity contribution in [3.8, 4) is 0 Å². The monoisotopic (exact) mass is 336 g/mol. The molecule has 1 heterocycles. The van der Waals surface area contributed by atoms with Crippen LogP contribution in [-0.4, -0.2) is 24.9 Å². The third-order valence-corrected chi connectivity index (χ3v) is 3.88. The van der Waals surface area contributed by atoms with Gasteiger partial charge >= 0.3 is 5.97 Å². The maximum absolute atomic E-state index is 12.6. The van der Waals surface area contributed by atoms with Crippen LogP contribution >= 0.6 is 11.6 Å². The lowest BCUT2D eigenvalue weighted by molar-refractivity contribution is -0.139. The van der Waals surface area contributed by atoms with Gasteiger partial charge in [0.15, 0.2) is 0 Å². The van der Waals surface area contributed by atoms with Crippen molar-refractivity contribution in [1.82, 2.24) is 5.32 Å². The highest BCUT2D eigenvalue weighted by Gasteiger charge is 2.36. The normalized spacial score (nSPS) is 17.6. The van der Waals surface area contributed by atoms with Crippen molar-refractivity contribution in [2.24, 2.45) is 5.92 Å². The predicted octanol–water partition coefficient (Wildman–Crippen LogP) is 2.17. The average molecular weight is 337 g/mol. The highest BCUT2D eigenvalue weighted by molar-refractivity contribution is 6.31. The van der Waals surface area contributed by atoms with Crippen LogP contribution in [0, 0.1) is 12.8 Å². The number of allylic oxidation sites excluding steroid dienone is 1. The van der Waals surface area contributed by atoms with Crippen molar-refractivity contribution in [3.05, 3.63) is 40.1 Å². The SMILES string of the molecule is COC(=O)C1=C(C)NC(=O)C[C@H]1C(=O)Nc1cc(Cl)ccc1C. The molecule has 1 atom stereocenters. The fourth-order valence-electron chi connectivity index (χ4n) is 2.45. The Bertz CT molecular complexity index is 712. The molecule has 1 aromatic rings. The predicted molar refractivity (Wildman–Crippen MR) is 85.8 cm³/mol. The summed E-state index contributed by atoms with van der Waals surface area (Å²) in [5, 5.41) is 5.76. The topological polar surface area (TPSA) is 84.5 Å². The Hall–Kier alpha value is -2.34. The van der Waals surface area contributed by atoms with E-state index < -0.39 is 17.8 Å². The van der Waals surface area contributed by atoms with Crippen LogP contribution in [0.3, 0.4) is 0 Å². The number of ether oxygens (including phenoxy) is 1. The van der Waals surface area contributed by atoms with E-state index in [1.165, 1.54) is 7.11 Å². The number of esters is 1. The van der Waals surface area contributed by atoms with Crippen molar-refractivity contribution >= 4 is 35.1 Å². The van der Waals surface area contributed by atoms with Crippen LogP contribution in [0.2, 0.25) is 5.02 Å². The van der Waals surface area contributed by atoms with Crippen LogP contribution in [0.15, 0.2) is 29.5 Å². The highest BCUT2D eigenvalue weighted by Crippen LogP contribution is 2.27. The van der Waals surface area contributed by atoms with E-state index in [0.717, 1.165) is 5.56 Å². The van der Waals surface area contributed by atoms with Gasteiger partial charge in [0.2, 0.25) is 11.8 Å². The number of carbonyl (C=O) groups excluding carboxylic acids is 3. The van der Waals surface area contributed by atoms with E-state index in [0.29, 0.717) is 16.4 Å². The Morgan fingerprint density at radius 3 is 2.70 bits per heavy atom. The van der Waals surface area contributed by atoms with Crippen LogP contribution in [-0.2, 0) is 19.1 Å². The first-order valence-electron chi connectivity index (χ1n) is 6.99. The molecule has 1 aromatic carbocycles. The Labute approximate surface area is 138 Å². The standard InChI is InChI=1S/C16H17ClN2O4/c1-8-4-5-10(17)6-12(8)19-15(21)11-7-13(20)18-9(2)14(11)16(22)23-3/h4-6,11H,7H2,1-3H3,(H,18,20)(H,19,21)/t11-/m1/s1. The number of benzene rings is 1. The number of hydrogen-bond acceptors (Lipinski definition) is 4. The second-order valence-electron chi connectivity index (χ2n) is 5.28. The molecule has 1 aliphatic heterocycles. The van der Waals surface area contributed by atoms with Gasteiger partial charge in [-0.3, -0.25) is 9.59 Å². The van der Waals surface area contributed by atoms with Crippen LogP contribution < -0.4 is 10.6 Å². The van der Waals surface area contributed by atoms with E-state index in [1.807, 2.05) is 6.92 Å². The molecule has 0 radical (unpaired) electrons. The number of hydrogen-bond donors (Lipinski definition) is 2. The van der Waals surface area contributed by atoms with Crippen molar-refractivity contribution in [2.75, 3.05) is 12.4 Å². The van der Waals surface area contributed by atoms with E-state index in [-0.39, 0.29) is 17.9 Å². The minimum Gasteiger partial charge on any atom is -0.466 e. The van der Waals surface area contributed by atoms with Gasteiger partial charge in [0.1, 0.15) is 0 Å². The zero-order valence-electron chi connectivity index (χ0n) is 13.0. The zero-order chi connectivity index (χ0) is 17.1. The number of aryl methyl sites for hydroxylation is 1. The number of anilines is 1. The Morgan fingerprint density at radius 1 is 1.35 bits per heavy atom. The van der Waals surface area contributed by atoms with E-state index in [9.17, 15) is 14.4 Å². The first kappa shape index (κ1) is 17.0. The van der Waals surface area contributed by atoms with Crippen molar-refractivity contribution in [1.29, 1.82) is 0 Å². The molecule has 6 nitrogen and oxygen atoms in total. The molecule has 0 fully saturated rings. The molecule has 122 valence electrons. The molecule has 23 heavy (non-hydrogen) atoms. The fraction of sp³-hybridized carbons (Fsp3) is 0.312. The summed E-state index contributed by atoms with van der Waals surface area (Å²) in [7, 11) is 1.23. The molecule has 2 rings (SSSR count). The van der Waals surface area contributed by atoms with Crippen LogP contribution in [0.1, 0.15) is 18.9 Å². The lowest BCUT2D eigenvalue weighted by Gasteiger charge is -2.25. The Balaban J connectivity index is 2.32. The number of rotatable bonds is 3. The molecular weight excluding hydrogens is 320 g/mol. The smallest absolute Gasteiger partial charge is 0.336 e. The quantitative estimate of drug-likeness (QED) is 0.828. The maximum atomic E-state index is 12.6. The summed E-state index contributed by atoms with van der Waals surface area (Å²) in [5.41, 5.74) is 1.85. The number of amides is 2. The molecule has 0 aromatic heterocycles. The van der Waals surface area contributed by atoms with Crippen LogP contribution in [0.4, 0.5) is 5.69 Å². The summed E-state index contributed by atoms with van der Waals surface area (Å²) in [4.78, 5) is 36.2. The van der Waals surface area contributed by atoms with E-state index in [4.69, 9.17) is 16.3 Å². The van der Waals surface area contributed by atoms with Gasteiger partial charge in [0.25, 0.3) is 0 Å². The minimum absolute atomic E-state index is 0.118. The summed E-state index contributed by atoms with van der Waals surface area (Å²) >= 11 is 5.94. The molecule has 0 saturated heterocycles. The molecule has 0 bridgehead atoms. The van der Waals surface area contributed by atoms with Gasteiger partial charge in [-0.2, -0.15) is 0 Å². The fourth-order valence-corrected chi connectivity index (χ4v) is 2.63. The summed E-state index contributed by atoms with van der Waals surface area (Å²) in [6.07, 6.45) is -0.118. The first-order valence-corrected chi connectivity index (χ1v) is 7.37. The Morgan fingerprint density at radius 2 is 2.04 bits per heavy atom. The number of methoxy groups -OCH3 is 1. The Kier molecular flexibility index (Phi) is 5.05. The molecule has 2 amide bonds. The molecule has 2 N–H and O–H groups in total. The summed E-state index contributed by atoms with van der Waals surface area (Å²) < 4.78 is 4.72. The van der Waals surface area contributed by atoms with Crippen molar-refractivity contribution in [2.45, 2.75) is 20.3 Å². The zero-order valence-corrected chi connectivity index (χ0v) is 13.8. The molecule has 0 saturated carbocycles. The second-order valence-corrected chi connectivity index (χ2v) is 5.72. The summed E-state index contributed by atoms with van der Waals surface area (Å²) in [6, 6.07) is 5.10. The van der Waals surface area contributed by atoms with Gasteiger partial charge in [-0.05, 0) is 31.5 Å². The molecular formula is C16H17ClN2O4. The van der Waals surface area contributed by atoms with E-state index in [2.05, 4.69) is 10.6 Å². The minimum atomic E-state index is -0.908.